The van der Waals surface area contributed by atoms with Gasteiger partial charge in [-0.1, -0.05) is 42.3 Å². The van der Waals surface area contributed by atoms with Crippen LogP contribution in [-0.4, -0.2) is 25.5 Å². The van der Waals surface area contributed by atoms with Crippen molar-refractivity contribution in [1.29, 1.82) is 0 Å². The number of carbonyl (C=O) groups excluding carboxylic acids is 2. The standard InChI is InChI=1S/C25H24Cl2N2O4/c1-3-12-28-25(31)20-10-9-19(14-21(20)27)29-24(30)17-6-11-22(23(13-17)32-2)33-15-16-4-7-18(26)8-5-16/h4-11,13-14H,3,12,15H2,1-2H3,(H,28,31)(H,29,30). The number of amides is 2. The molecule has 3 aromatic rings. The van der Waals surface area contributed by atoms with Gasteiger partial charge in [0, 0.05) is 22.8 Å². The Labute approximate surface area is 202 Å². The third-order valence-corrected chi connectivity index (χ3v) is 5.31. The van der Waals surface area contributed by atoms with Gasteiger partial charge in [0.25, 0.3) is 11.8 Å². The van der Waals surface area contributed by atoms with Gasteiger partial charge in [-0.05, 0) is 60.5 Å². The minimum Gasteiger partial charge on any atom is -0.493 e. The Morgan fingerprint density at radius 1 is 0.909 bits per heavy atom. The fourth-order valence-corrected chi connectivity index (χ4v) is 3.38. The molecule has 0 radical (unpaired) electrons. The van der Waals surface area contributed by atoms with Crippen molar-refractivity contribution in [3.8, 4) is 11.5 Å². The van der Waals surface area contributed by atoms with Gasteiger partial charge in [-0.2, -0.15) is 0 Å². The van der Waals surface area contributed by atoms with Gasteiger partial charge in [0.15, 0.2) is 11.5 Å². The van der Waals surface area contributed by atoms with E-state index in [1.54, 1.807) is 48.5 Å². The monoisotopic (exact) mass is 486 g/mol. The Morgan fingerprint density at radius 2 is 1.67 bits per heavy atom. The van der Waals surface area contributed by atoms with E-state index in [1.807, 2.05) is 19.1 Å². The van der Waals surface area contributed by atoms with E-state index in [9.17, 15) is 9.59 Å². The zero-order valence-corrected chi connectivity index (χ0v) is 19.8. The maximum Gasteiger partial charge on any atom is 0.255 e. The predicted molar refractivity (Wildman–Crippen MR) is 131 cm³/mol. The molecule has 0 aromatic heterocycles. The van der Waals surface area contributed by atoms with Crippen LogP contribution in [0.4, 0.5) is 5.69 Å². The van der Waals surface area contributed by atoms with Gasteiger partial charge < -0.3 is 20.1 Å². The summed E-state index contributed by atoms with van der Waals surface area (Å²) in [5.41, 5.74) is 2.16. The number of benzene rings is 3. The van der Waals surface area contributed by atoms with E-state index in [-0.39, 0.29) is 16.8 Å². The Balaban J connectivity index is 1.67. The molecule has 0 aliphatic rings. The summed E-state index contributed by atoms with van der Waals surface area (Å²) in [6.07, 6.45) is 0.825. The van der Waals surface area contributed by atoms with Gasteiger partial charge >= 0.3 is 0 Å². The minimum atomic E-state index is -0.350. The topological polar surface area (TPSA) is 76.7 Å². The number of hydrogen-bond acceptors (Lipinski definition) is 4. The van der Waals surface area contributed by atoms with Crippen LogP contribution in [-0.2, 0) is 6.61 Å². The third kappa shape index (κ3) is 6.63. The van der Waals surface area contributed by atoms with Crippen molar-refractivity contribution >= 4 is 40.7 Å². The van der Waals surface area contributed by atoms with Crippen LogP contribution in [0.15, 0.2) is 60.7 Å². The first-order chi connectivity index (χ1) is 15.9. The van der Waals surface area contributed by atoms with Gasteiger partial charge in [-0.25, -0.2) is 0 Å². The molecule has 0 saturated heterocycles. The van der Waals surface area contributed by atoms with Crippen LogP contribution in [0, 0.1) is 0 Å². The highest BCUT2D eigenvalue weighted by atomic mass is 35.5. The first kappa shape index (κ1) is 24.4. The molecule has 33 heavy (non-hydrogen) atoms. The number of nitrogens with one attached hydrogen (secondary N) is 2. The molecule has 172 valence electrons. The number of methoxy groups -OCH3 is 1. The Hall–Kier alpha value is -3.22. The van der Waals surface area contributed by atoms with Crippen molar-refractivity contribution in [1.82, 2.24) is 5.32 Å². The summed E-state index contributed by atoms with van der Waals surface area (Å²) in [6.45, 7) is 2.86. The lowest BCUT2D eigenvalue weighted by Gasteiger charge is -2.13. The summed E-state index contributed by atoms with van der Waals surface area (Å²) in [6, 6.07) is 17.0. The molecule has 8 heteroatoms. The molecule has 2 amide bonds. The van der Waals surface area contributed by atoms with Crippen molar-refractivity contribution in [3.63, 3.8) is 0 Å². The van der Waals surface area contributed by atoms with Gasteiger partial charge in [0.05, 0.1) is 17.7 Å². The summed E-state index contributed by atoms with van der Waals surface area (Å²) in [4.78, 5) is 24.9. The van der Waals surface area contributed by atoms with E-state index in [4.69, 9.17) is 32.7 Å². The SMILES string of the molecule is CCCNC(=O)c1ccc(NC(=O)c2ccc(OCc3ccc(Cl)cc3)c(OC)c2)cc1Cl. The van der Waals surface area contributed by atoms with Crippen LogP contribution < -0.4 is 20.1 Å². The molecule has 0 bridgehead atoms. The zero-order valence-electron chi connectivity index (χ0n) is 18.3. The van der Waals surface area contributed by atoms with E-state index in [2.05, 4.69) is 10.6 Å². The van der Waals surface area contributed by atoms with E-state index in [0.717, 1.165) is 12.0 Å². The molecular formula is C25H24Cl2N2O4. The molecule has 0 aliphatic carbocycles. The molecular weight excluding hydrogens is 463 g/mol. The van der Waals surface area contributed by atoms with Crippen LogP contribution in [0.2, 0.25) is 10.0 Å². The maximum atomic E-state index is 12.7. The molecule has 0 spiro atoms. The van der Waals surface area contributed by atoms with Gasteiger partial charge in [0.2, 0.25) is 0 Å². The number of carbonyl (C=O) groups is 2. The number of anilines is 1. The van der Waals surface area contributed by atoms with E-state index in [1.165, 1.54) is 7.11 Å². The van der Waals surface area contributed by atoms with Crippen molar-refractivity contribution in [2.24, 2.45) is 0 Å². The Kier molecular flexibility index (Phi) is 8.58. The lowest BCUT2D eigenvalue weighted by molar-refractivity contribution is 0.0953. The fourth-order valence-electron chi connectivity index (χ4n) is 2.98. The van der Waals surface area contributed by atoms with Gasteiger partial charge in [-0.15, -0.1) is 0 Å². The molecule has 0 atom stereocenters. The van der Waals surface area contributed by atoms with Crippen molar-refractivity contribution in [2.45, 2.75) is 20.0 Å². The normalized spacial score (nSPS) is 10.4. The first-order valence-electron chi connectivity index (χ1n) is 10.4. The molecule has 0 heterocycles. The second-order valence-electron chi connectivity index (χ2n) is 7.19. The van der Waals surface area contributed by atoms with Crippen LogP contribution in [0.5, 0.6) is 11.5 Å². The number of ether oxygens (including phenoxy) is 2. The number of rotatable bonds is 9. The largest absolute Gasteiger partial charge is 0.493 e. The second kappa shape index (κ2) is 11.6. The predicted octanol–water partition coefficient (Wildman–Crippen LogP) is 5.97. The molecule has 0 fully saturated rings. The van der Waals surface area contributed by atoms with Gasteiger partial charge in [0.1, 0.15) is 6.61 Å². The van der Waals surface area contributed by atoms with E-state index < -0.39 is 0 Å². The van der Waals surface area contributed by atoms with Crippen LogP contribution in [0.25, 0.3) is 0 Å². The number of hydrogen-bond donors (Lipinski definition) is 2. The summed E-state index contributed by atoms with van der Waals surface area (Å²) in [5, 5.41) is 6.46. The Bertz CT molecular complexity index is 1130. The lowest BCUT2D eigenvalue weighted by atomic mass is 10.1. The molecule has 6 nitrogen and oxygen atoms in total. The molecule has 0 saturated carbocycles. The van der Waals surface area contributed by atoms with E-state index in [0.29, 0.717) is 46.5 Å². The van der Waals surface area contributed by atoms with Crippen molar-refractivity contribution in [3.05, 3.63) is 87.4 Å². The number of halogens is 2. The third-order valence-electron chi connectivity index (χ3n) is 4.74. The smallest absolute Gasteiger partial charge is 0.255 e. The summed E-state index contributed by atoms with van der Waals surface area (Å²) >= 11 is 12.1. The van der Waals surface area contributed by atoms with E-state index >= 15 is 0 Å². The molecule has 3 aromatic carbocycles. The lowest BCUT2D eigenvalue weighted by Crippen LogP contribution is -2.24. The maximum absolute atomic E-state index is 12.7. The minimum absolute atomic E-state index is 0.251. The molecule has 3 rings (SSSR count). The quantitative estimate of drug-likeness (QED) is 0.390. The zero-order chi connectivity index (χ0) is 23.8. The van der Waals surface area contributed by atoms with Crippen LogP contribution >= 0.6 is 23.2 Å². The van der Waals surface area contributed by atoms with Crippen molar-refractivity contribution < 1.29 is 19.1 Å². The highest BCUT2D eigenvalue weighted by molar-refractivity contribution is 6.34. The molecule has 0 aliphatic heterocycles. The molecule has 0 unspecified atom stereocenters. The summed E-state index contributed by atoms with van der Waals surface area (Å²) < 4.78 is 11.2. The summed E-state index contributed by atoms with van der Waals surface area (Å²) in [5.74, 6) is 0.336. The first-order valence-corrected chi connectivity index (χ1v) is 11.1. The summed E-state index contributed by atoms with van der Waals surface area (Å²) in [7, 11) is 1.51. The van der Waals surface area contributed by atoms with Crippen LogP contribution in [0.3, 0.4) is 0 Å². The fraction of sp³-hybridized carbons (Fsp3) is 0.200. The average molecular weight is 487 g/mol. The average Bonchev–Trinajstić information content (AvgIpc) is 2.82. The van der Waals surface area contributed by atoms with Gasteiger partial charge in [-0.3, -0.25) is 9.59 Å². The highest BCUT2D eigenvalue weighted by Gasteiger charge is 2.14. The highest BCUT2D eigenvalue weighted by Crippen LogP contribution is 2.30. The molecule has 2 N–H and O–H groups in total. The van der Waals surface area contributed by atoms with Crippen LogP contribution in [0.1, 0.15) is 39.6 Å². The Morgan fingerprint density at radius 3 is 2.33 bits per heavy atom. The second-order valence-corrected chi connectivity index (χ2v) is 8.03. The van der Waals surface area contributed by atoms with Crippen molar-refractivity contribution in [2.75, 3.05) is 19.0 Å².